The Morgan fingerprint density at radius 1 is 1.13 bits per heavy atom. The Labute approximate surface area is 87.2 Å². The fourth-order valence-corrected chi connectivity index (χ4v) is 1.41. The lowest BCUT2D eigenvalue weighted by Gasteiger charge is -2.04. The highest BCUT2D eigenvalue weighted by Gasteiger charge is 2.07. The van der Waals surface area contributed by atoms with Crippen LogP contribution in [0.15, 0.2) is 42.6 Å². The summed E-state index contributed by atoms with van der Waals surface area (Å²) in [5.41, 5.74) is 1.63. The van der Waals surface area contributed by atoms with Crippen LogP contribution in [0, 0.1) is 17.9 Å². The number of aromatic nitrogens is 1. The van der Waals surface area contributed by atoms with Gasteiger partial charge in [-0.05, 0) is 12.1 Å². The van der Waals surface area contributed by atoms with Crippen LogP contribution in [0.1, 0.15) is 5.69 Å². The molecule has 0 aliphatic heterocycles. The average molecular weight is 203 g/mol. The van der Waals surface area contributed by atoms with Crippen molar-refractivity contribution in [3.05, 3.63) is 59.3 Å². The molecule has 3 heteroatoms. The summed E-state index contributed by atoms with van der Waals surface area (Å²) in [4.78, 5) is 0. The van der Waals surface area contributed by atoms with Crippen LogP contribution in [0.25, 0.3) is 11.1 Å². The van der Waals surface area contributed by atoms with E-state index in [0.29, 0.717) is 16.8 Å². The van der Waals surface area contributed by atoms with Gasteiger partial charge in [-0.1, -0.05) is 18.2 Å². The molecule has 0 saturated heterocycles. The fourth-order valence-electron chi connectivity index (χ4n) is 1.41. The van der Waals surface area contributed by atoms with Gasteiger partial charge in [-0.3, -0.25) is 0 Å². The van der Waals surface area contributed by atoms with Crippen molar-refractivity contribution in [1.82, 2.24) is 0 Å². The molecule has 1 aromatic carbocycles. The van der Waals surface area contributed by atoms with Crippen LogP contribution in [0.3, 0.4) is 0 Å². The summed E-state index contributed by atoms with van der Waals surface area (Å²) in [7, 11) is 0. The third-order valence-electron chi connectivity index (χ3n) is 2.29. The van der Waals surface area contributed by atoms with Gasteiger partial charge in [0.15, 0.2) is 11.9 Å². The lowest BCUT2D eigenvalue weighted by molar-refractivity contribution is -0.611. The number of halogens is 1. The van der Waals surface area contributed by atoms with Crippen LogP contribution in [0.2, 0.25) is 0 Å². The maximum absolute atomic E-state index is 13.4. The Balaban J connectivity index is 2.55. The smallest absolute Gasteiger partial charge is 0.189 e. The molecule has 0 atom stereocenters. The molecule has 0 bridgehead atoms. The zero-order chi connectivity index (χ0) is 10.8. The minimum Gasteiger partial charge on any atom is -0.618 e. The Morgan fingerprint density at radius 3 is 2.53 bits per heavy atom. The van der Waals surface area contributed by atoms with Gasteiger partial charge in [-0.2, -0.15) is 4.73 Å². The van der Waals surface area contributed by atoms with E-state index in [9.17, 15) is 9.60 Å². The summed E-state index contributed by atoms with van der Waals surface area (Å²) in [6.45, 7) is 1.71. The molecular weight excluding hydrogens is 193 g/mol. The number of pyridine rings is 1. The van der Waals surface area contributed by atoms with Crippen molar-refractivity contribution in [2.45, 2.75) is 6.92 Å². The molecule has 0 saturated carbocycles. The lowest BCUT2D eigenvalue weighted by Crippen LogP contribution is -2.29. The number of hydrogen-bond acceptors (Lipinski definition) is 1. The van der Waals surface area contributed by atoms with Crippen LogP contribution < -0.4 is 4.73 Å². The molecule has 0 amide bonds. The summed E-state index contributed by atoms with van der Waals surface area (Å²) in [5, 5.41) is 11.3. The van der Waals surface area contributed by atoms with Crippen LogP contribution in [-0.4, -0.2) is 0 Å². The Morgan fingerprint density at radius 2 is 1.87 bits per heavy atom. The number of nitrogens with zero attached hydrogens (tertiary/aromatic N) is 1. The van der Waals surface area contributed by atoms with Gasteiger partial charge in [0.25, 0.3) is 0 Å². The first-order chi connectivity index (χ1) is 7.18. The SMILES string of the molecule is Cc1ccc(-c2ccccc2F)c[n+]1[O-]. The Kier molecular flexibility index (Phi) is 2.37. The van der Waals surface area contributed by atoms with Crippen LogP contribution >= 0.6 is 0 Å². The maximum atomic E-state index is 13.4. The highest BCUT2D eigenvalue weighted by molar-refractivity contribution is 5.62. The van der Waals surface area contributed by atoms with E-state index in [2.05, 4.69) is 0 Å². The third kappa shape index (κ3) is 1.81. The second-order valence-corrected chi connectivity index (χ2v) is 3.36. The highest BCUT2D eigenvalue weighted by Crippen LogP contribution is 2.20. The highest BCUT2D eigenvalue weighted by atomic mass is 19.1. The predicted molar refractivity (Wildman–Crippen MR) is 55.5 cm³/mol. The van der Waals surface area contributed by atoms with E-state index in [1.54, 1.807) is 37.3 Å². The number of hydrogen-bond donors (Lipinski definition) is 0. The van der Waals surface area contributed by atoms with E-state index in [0.717, 1.165) is 4.73 Å². The number of aryl methyl sites for hydroxylation is 1. The van der Waals surface area contributed by atoms with Crippen molar-refractivity contribution >= 4 is 0 Å². The molecule has 2 rings (SSSR count). The molecule has 0 radical (unpaired) electrons. The first kappa shape index (κ1) is 9.65. The van der Waals surface area contributed by atoms with E-state index >= 15 is 0 Å². The lowest BCUT2D eigenvalue weighted by atomic mass is 10.1. The summed E-state index contributed by atoms with van der Waals surface area (Å²) in [6, 6.07) is 9.81. The standard InChI is InChI=1S/C12H10FNO/c1-9-6-7-10(8-14(9)15)11-4-2-3-5-12(11)13/h2-8H,1H3. The van der Waals surface area contributed by atoms with E-state index in [-0.39, 0.29) is 5.82 Å². The van der Waals surface area contributed by atoms with Gasteiger partial charge in [0.1, 0.15) is 5.82 Å². The van der Waals surface area contributed by atoms with Crippen LogP contribution in [0.5, 0.6) is 0 Å². The van der Waals surface area contributed by atoms with E-state index < -0.39 is 0 Å². The first-order valence-corrected chi connectivity index (χ1v) is 4.63. The van der Waals surface area contributed by atoms with E-state index in [1.165, 1.54) is 12.3 Å². The Bertz CT molecular complexity index is 497. The summed E-state index contributed by atoms with van der Waals surface area (Å²) < 4.78 is 14.1. The molecule has 2 nitrogen and oxygen atoms in total. The van der Waals surface area contributed by atoms with Gasteiger partial charge >= 0.3 is 0 Å². The number of benzene rings is 1. The zero-order valence-electron chi connectivity index (χ0n) is 8.27. The fraction of sp³-hybridized carbons (Fsp3) is 0.0833. The van der Waals surface area contributed by atoms with Gasteiger partial charge in [0.05, 0.1) is 0 Å². The molecule has 0 spiro atoms. The maximum Gasteiger partial charge on any atom is 0.189 e. The van der Waals surface area contributed by atoms with Crippen molar-refractivity contribution in [3.8, 4) is 11.1 Å². The molecule has 0 N–H and O–H groups in total. The molecule has 76 valence electrons. The third-order valence-corrected chi connectivity index (χ3v) is 2.29. The molecule has 2 aromatic rings. The molecule has 0 aliphatic rings. The summed E-state index contributed by atoms with van der Waals surface area (Å²) in [6.07, 6.45) is 1.38. The summed E-state index contributed by atoms with van der Waals surface area (Å²) in [5.74, 6) is -0.318. The topological polar surface area (TPSA) is 26.9 Å². The minimum absolute atomic E-state index is 0.318. The van der Waals surface area contributed by atoms with Gasteiger partial charge in [0.2, 0.25) is 0 Å². The second-order valence-electron chi connectivity index (χ2n) is 3.36. The Hall–Kier alpha value is -1.90. The van der Waals surface area contributed by atoms with Crippen molar-refractivity contribution < 1.29 is 9.12 Å². The molecule has 1 aromatic heterocycles. The molecule has 0 fully saturated rings. The minimum atomic E-state index is -0.318. The first-order valence-electron chi connectivity index (χ1n) is 4.63. The van der Waals surface area contributed by atoms with Crippen molar-refractivity contribution in [2.75, 3.05) is 0 Å². The monoisotopic (exact) mass is 203 g/mol. The molecule has 1 heterocycles. The zero-order valence-corrected chi connectivity index (χ0v) is 8.27. The van der Waals surface area contributed by atoms with Crippen LogP contribution in [0.4, 0.5) is 4.39 Å². The van der Waals surface area contributed by atoms with Gasteiger partial charge in [-0.25, -0.2) is 4.39 Å². The van der Waals surface area contributed by atoms with Gasteiger partial charge in [-0.15, -0.1) is 0 Å². The molecule has 15 heavy (non-hydrogen) atoms. The predicted octanol–water partition coefficient (Wildman–Crippen LogP) is 2.43. The second kappa shape index (κ2) is 3.69. The average Bonchev–Trinajstić information content (AvgIpc) is 2.23. The number of rotatable bonds is 1. The van der Waals surface area contributed by atoms with E-state index in [4.69, 9.17) is 0 Å². The van der Waals surface area contributed by atoms with E-state index in [1.807, 2.05) is 0 Å². The summed E-state index contributed by atoms with van der Waals surface area (Å²) >= 11 is 0. The normalized spacial score (nSPS) is 10.3. The van der Waals surface area contributed by atoms with Crippen molar-refractivity contribution in [1.29, 1.82) is 0 Å². The van der Waals surface area contributed by atoms with Gasteiger partial charge < -0.3 is 5.21 Å². The van der Waals surface area contributed by atoms with Gasteiger partial charge in [0, 0.05) is 24.1 Å². The quantitative estimate of drug-likeness (QED) is 0.516. The molecule has 0 unspecified atom stereocenters. The van der Waals surface area contributed by atoms with Crippen molar-refractivity contribution in [3.63, 3.8) is 0 Å². The van der Waals surface area contributed by atoms with Crippen LogP contribution in [-0.2, 0) is 0 Å². The largest absolute Gasteiger partial charge is 0.618 e. The molecular formula is C12H10FNO. The van der Waals surface area contributed by atoms with Crippen molar-refractivity contribution in [2.24, 2.45) is 0 Å². The molecule has 0 aliphatic carbocycles.